The van der Waals surface area contributed by atoms with E-state index < -0.39 is 6.10 Å². The van der Waals surface area contributed by atoms with Gasteiger partial charge in [-0.25, -0.2) is 4.39 Å². The lowest BCUT2D eigenvalue weighted by atomic mass is 10.1. The van der Waals surface area contributed by atoms with Gasteiger partial charge in [0.05, 0.1) is 13.2 Å². The van der Waals surface area contributed by atoms with Crippen LogP contribution in [0.3, 0.4) is 0 Å². The minimum Gasteiger partial charge on any atom is -0.497 e. The number of benzene rings is 2. The summed E-state index contributed by atoms with van der Waals surface area (Å²) in [5.41, 5.74) is 2.17. The molecule has 5 heteroatoms. The molecule has 0 spiro atoms. The zero-order chi connectivity index (χ0) is 17.5. The van der Waals surface area contributed by atoms with E-state index >= 15 is 0 Å². The van der Waals surface area contributed by atoms with E-state index in [4.69, 9.17) is 4.74 Å². The van der Waals surface area contributed by atoms with Crippen molar-refractivity contribution in [2.75, 3.05) is 13.7 Å². The number of aliphatic hydroxyl groups excluding tert-OH is 1. The van der Waals surface area contributed by atoms with Crippen molar-refractivity contribution in [1.82, 2.24) is 5.32 Å². The molecular formula is C19H20FNO3. The van der Waals surface area contributed by atoms with Crippen LogP contribution in [0.2, 0.25) is 0 Å². The lowest BCUT2D eigenvalue weighted by molar-refractivity contribution is -0.116. The molecule has 0 saturated carbocycles. The number of amides is 1. The Hall–Kier alpha value is -2.66. The average Bonchev–Trinajstić information content (AvgIpc) is 2.60. The Balaban J connectivity index is 1.91. The fourth-order valence-electron chi connectivity index (χ4n) is 2.18. The summed E-state index contributed by atoms with van der Waals surface area (Å²) in [6, 6.07) is 12.9. The highest BCUT2D eigenvalue weighted by Gasteiger charge is 2.09. The van der Waals surface area contributed by atoms with Crippen LogP contribution in [0.15, 0.2) is 54.6 Å². The van der Waals surface area contributed by atoms with Crippen LogP contribution >= 0.6 is 0 Å². The van der Waals surface area contributed by atoms with Crippen molar-refractivity contribution in [3.63, 3.8) is 0 Å². The number of rotatable bonds is 6. The van der Waals surface area contributed by atoms with Crippen LogP contribution in [0.1, 0.15) is 24.2 Å². The van der Waals surface area contributed by atoms with E-state index in [2.05, 4.69) is 5.32 Å². The number of hydrogen-bond donors (Lipinski definition) is 2. The highest BCUT2D eigenvalue weighted by Crippen LogP contribution is 2.17. The molecule has 0 aliphatic rings. The number of allylic oxidation sites excluding steroid dienone is 1. The van der Waals surface area contributed by atoms with Crippen molar-refractivity contribution < 1.29 is 19.0 Å². The number of hydrogen-bond acceptors (Lipinski definition) is 3. The largest absolute Gasteiger partial charge is 0.497 e. The van der Waals surface area contributed by atoms with Crippen molar-refractivity contribution in [3.05, 3.63) is 71.6 Å². The quantitative estimate of drug-likeness (QED) is 0.801. The molecule has 2 N–H and O–H groups in total. The Morgan fingerprint density at radius 1 is 1.21 bits per heavy atom. The van der Waals surface area contributed by atoms with Crippen LogP contribution < -0.4 is 10.1 Å². The summed E-state index contributed by atoms with van der Waals surface area (Å²) in [5.74, 6) is 0.0656. The maximum absolute atomic E-state index is 12.9. The van der Waals surface area contributed by atoms with Crippen LogP contribution in [0.5, 0.6) is 5.75 Å². The molecule has 0 saturated heterocycles. The first-order valence-electron chi connectivity index (χ1n) is 7.53. The predicted octanol–water partition coefficient (Wildman–Crippen LogP) is 3.09. The van der Waals surface area contributed by atoms with Gasteiger partial charge in [0.25, 0.3) is 0 Å². The minimum atomic E-state index is -0.806. The van der Waals surface area contributed by atoms with Gasteiger partial charge in [-0.05, 0) is 47.9 Å². The molecule has 2 rings (SSSR count). The molecule has 1 unspecified atom stereocenters. The highest BCUT2D eigenvalue weighted by atomic mass is 19.1. The van der Waals surface area contributed by atoms with E-state index in [9.17, 15) is 14.3 Å². The van der Waals surface area contributed by atoms with Gasteiger partial charge in [-0.1, -0.05) is 24.3 Å². The first kappa shape index (κ1) is 17.7. The topological polar surface area (TPSA) is 58.6 Å². The van der Waals surface area contributed by atoms with Gasteiger partial charge in [0.1, 0.15) is 11.6 Å². The first-order chi connectivity index (χ1) is 11.5. The molecule has 24 heavy (non-hydrogen) atoms. The molecule has 1 atom stereocenters. The van der Waals surface area contributed by atoms with Crippen LogP contribution in [0.25, 0.3) is 5.57 Å². The van der Waals surface area contributed by atoms with E-state index in [1.807, 2.05) is 0 Å². The molecule has 0 aliphatic heterocycles. The Morgan fingerprint density at radius 3 is 2.42 bits per heavy atom. The van der Waals surface area contributed by atoms with Crippen LogP contribution in [-0.4, -0.2) is 24.7 Å². The zero-order valence-electron chi connectivity index (χ0n) is 13.6. The molecule has 0 aliphatic carbocycles. The standard InChI is InChI=1S/C19H20FNO3/c1-13(14-3-7-16(20)8-4-14)11-19(23)21-12-18(22)15-5-9-17(24-2)10-6-15/h3-11,18,22H,12H2,1-2H3,(H,21,23). The summed E-state index contributed by atoms with van der Waals surface area (Å²) >= 11 is 0. The monoisotopic (exact) mass is 329 g/mol. The molecule has 2 aromatic carbocycles. The summed E-state index contributed by atoms with van der Waals surface area (Å²) in [7, 11) is 1.57. The second-order valence-corrected chi connectivity index (χ2v) is 5.37. The lowest BCUT2D eigenvalue weighted by Gasteiger charge is -2.12. The molecular weight excluding hydrogens is 309 g/mol. The van der Waals surface area contributed by atoms with E-state index in [0.29, 0.717) is 16.9 Å². The van der Waals surface area contributed by atoms with E-state index in [-0.39, 0.29) is 18.3 Å². The third-order valence-electron chi connectivity index (χ3n) is 3.62. The summed E-state index contributed by atoms with van der Waals surface area (Å²) in [6.07, 6.45) is 0.618. The first-order valence-corrected chi connectivity index (χ1v) is 7.53. The Morgan fingerprint density at radius 2 is 1.83 bits per heavy atom. The maximum Gasteiger partial charge on any atom is 0.244 e. The van der Waals surface area contributed by atoms with Crippen molar-refractivity contribution in [1.29, 1.82) is 0 Å². The molecule has 0 heterocycles. The predicted molar refractivity (Wildman–Crippen MR) is 91.0 cm³/mol. The third kappa shape index (κ3) is 4.93. The highest BCUT2D eigenvalue weighted by molar-refractivity contribution is 5.94. The van der Waals surface area contributed by atoms with Gasteiger partial charge in [-0.3, -0.25) is 4.79 Å². The smallest absolute Gasteiger partial charge is 0.244 e. The van der Waals surface area contributed by atoms with E-state index in [1.165, 1.54) is 18.2 Å². The second kappa shape index (κ2) is 8.26. The third-order valence-corrected chi connectivity index (χ3v) is 3.62. The second-order valence-electron chi connectivity index (χ2n) is 5.37. The van der Waals surface area contributed by atoms with Crippen LogP contribution in [-0.2, 0) is 4.79 Å². The fraction of sp³-hybridized carbons (Fsp3) is 0.211. The Labute approximate surface area is 140 Å². The summed E-state index contributed by atoms with van der Waals surface area (Å²) in [4.78, 5) is 11.9. The zero-order valence-corrected chi connectivity index (χ0v) is 13.6. The molecule has 0 bridgehead atoms. The molecule has 2 aromatic rings. The maximum atomic E-state index is 12.9. The molecule has 4 nitrogen and oxygen atoms in total. The number of carbonyl (C=O) groups excluding carboxylic acids is 1. The molecule has 0 radical (unpaired) electrons. The van der Waals surface area contributed by atoms with Crippen molar-refractivity contribution in [3.8, 4) is 5.75 Å². The fourth-order valence-corrected chi connectivity index (χ4v) is 2.18. The molecule has 1 amide bonds. The number of ether oxygens (including phenoxy) is 1. The summed E-state index contributed by atoms with van der Waals surface area (Å²) in [5, 5.41) is 12.7. The van der Waals surface area contributed by atoms with E-state index in [0.717, 1.165) is 5.56 Å². The van der Waals surface area contributed by atoms with Gasteiger partial charge < -0.3 is 15.2 Å². The number of nitrogens with one attached hydrogen (secondary N) is 1. The van der Waals surface area contributed by atoms with Gasteiger partial charge in [0, 0.05) is 12.6 Å². The Kier molecular flexibility index (Phi) is 6.09. The number of halogens is 1. The van der Waals surface area contributed by atoms with Gasteiger partial charge in [0.2, 0.25) is 5.91 Å². The number of methoxy groups -OCH3 is 1. The number of carbonyl (C=O) groups is 1. The molecule has 0 fully saturated rings. The van der Waals surface area contributed by atoms with Crippen molar-refractivity contribution in [2.45, 2.75) is 13.0 Å². The number of aliphatic hydroxyl groups is 1. The molecule has 0 aromatic heterocycles. The van der Waals surface area contributed by atoms with Crippen LogP contribution in [0, 0.1) is 5.82 Å². The normalized spacial score (nSPS) is 12.6. The van der Waals surface area contributed by atoms with Gasteiger partial charge in [-0.15, -0.1) is 0 Å². The summed E-state index contributed by atoms with van der Waals surface area (Å²) < 4.78 is 18.0. The van der Waals surface area contributed by atoms with Crippen LogP contribution in [0.4, 0.5) is 4.39 Å². The molecule has 126 valence electrons. The van der Waals surface area contributed by atoms with E-state index in [1.54, 1.807) is 50.4 Å². The van der Waals surface area contributed by atoms with Gasteiger partial charge in [0.15, 0.2) is 0 Å². The minimum absolute atomic E-state index is 0.0956. The van der Waals surface area contributed by atoms with Gasteiger partial charge >= 0.3 is 0 Å². The average molecular weight is 329 g/mol. The Bertz CT molecular complexity index is 708. The summed E-state index contributed by atoms with van der Waals surface area (Å²) in [6.45, 7) is 1.87. The SMILES string of the molecule is COc1ccc(C(O)CNC(=O)C=C(C)c2ccc(F)cc2)cc1. The van der Waals surface area contributed by atoms with Gasteiger partial charge in [-0.2, -0.15) is 0 Å². The van der Waals surface area contributed by atoms with Crippen molar-refractivity contribution in [2.24, 2.45) is 0 Å². The lowest BCUT2D eigenvalue weighted by Crippen LogP contribution is -2.26. The van der Waals surface area contributed by atoms with Crippen molar-refractivity contribution >= 4 is 11.5 Å².